The molecule has 0 unspecified atom stereocenters. The normalized spacial score (nSPS) is 12.4. The van der Waals surface area contributed by atoms with Crippen LogP contribution in [0.25, 0.3) is 21.5 Å². The van der Waals surface area contributed by atoms with Crippen LogP contribution in [0.5, 0.6) is 17.2 Å². The predicted octanol–water partition coefficient (Wildman–Crippen LogP) is 11.1. The molecule has 0 fully saturated rings. The van der Waals surface area contributed by atoms with E-state index in [0.29, 0.717) is 6.61 Å². The fourth-order valence-corrected chi connectivity index (χ4v) is 7.78. The van der Waals surface area contributed by atoms with Gasteiger partial charge in [0.15, 0.2) is 25.7 Å². The van der Waals surface area contributed by atoms with E-state index in [-0.39, 0.29) is 11.2 Å². The molecule has 0 amide bonds. The summed E-state index contributed by atoms with van der Waals surface area (Å²) in [6, 6.07) is 45.2. The Bertz CT molecular complexity index is 2230. The van der Waals surface area contributed by atoms with Crippen LogP contribution in [0.3, 0.4) is 0 Å². The van der Waals surface area contributed by atoms with Gasteiger partial charge in [-0.05, 0) is 141 Å². The molecule has 0 radical (unpaired) electrons. The number of rotatable bonds is 9. The average Bonchev–Trinajstić information content (AvgIpc) is 3.08. The van der Waals surface area contributed by atoms with E-state index < -0.39 is 26.5 Å². The number of hydrogen-bond acceptors (Lipinski definition) is 6. The van der Waals surface area contributed by atoms with Gasteiger partial charge in [0.1, 0.15) is 33.6 Å². The van der Waals surface area contributed by atoms with E-state index >= 15 is 0 Å². The molecule has 6 aromatic carbocycles. The van der Waals surface area contributed by atoms with Crippen LogP contribution >= 0.6 is 0 Å². The van der Waals surface area contributed by atoms with Gasteiger partial charge in [0.25, 0.3) is 0 Å². The molecule has 11 heteroatoms. The van der Waals surface area contributed by atoms with Crippen molar-refractivity contribution in [3.05, 3.63) is 133 Å². The molecule has 0 heterocycles. The number of alkyl halides is 3. The second-order valence-electron chi connectivity index (χ2n) is 14.5. The van der Waals surface area contributed by atoms with Crippen LogP contribution in [0.4, 0.5) is 13.2 Å². The summed E-state index contributed by atoms with van der Waals surface area (Å²) in [4.78, 5) is 3.55. The Hall–Kier alpha value is -4.71. The first-order chi connectivity index (χ1) is 25.3. The van der Waals surface area contributed by atoms with Crippen molar-refractivity contribution in [2.45, 2.75) is 79.4 Å². The van der Waals surface area contributed by atoms with E-state index in [2.05, 4.69) is 169 Å². The van der Waals surface area contributed by atoms with Crippen molar-refractivity contribution < 1.29 is 40.4 Å². The Morgan fingerprint density at radius 3 is 1.57 bits per heavy atom. The lowest BCUT2D eigenvalue weighted by atomic mass is 9.98. The van der Waals surface area contributed by atoms with Gasteiger partial charge < -0.3 is 18.8 Å². The molecule has 0 saturated carbocycles. The molecule has 0 aliphatic rings. The van der Waals surface area contributed by atoms with E-state index in [1.165, 1.54) is 36.9 Å². The van der Waals surface area contributed by atoms with Gasteiger partial charge in [-0.25, -0.2) is 8.42 Å². The molecule has 6 rings (SSSR count). The van der Waals surface area contributed by atoms with Crippen molar-refractivity contribution in [2.24, 2.45) is 0 Å². The van der Waals surface area contributed by atoms with Crippen molar-refractivity contribution in [1.82, 2.24) is 0 Å². The molecule has 0 aliphatic heterocycles. The maximum Gasteiger partial charge on any atom is 0.485 e. The first kappa shape index (κ1) is 40.5. The van der Waals surface area contributed by atoms with Crippen LogP contribution in [0.1, 0.15) is 47.1 Å². The van der Waals surface area contributed by atoms with E-state index in [0.717, 1.165) is 28.6 Å². The minimum absolute atomic E-state index is 0.260. The summed E-state index contributed by atoms with van der Waals surface area (Å²) in [6.45, 7) is 13.0. The van der Waals surface area contributed by atoms with Crippen LogP contribution in [-0.2, 0) is 27.4 Å². The highest BCUT2D eigenvalue weighted by Crippen LogP contribution is 2.38. The molecule has 6 aromatic rings. The number of ether oxygens (including phenoxy) is 3. The second kappa shape index (κ2) is 16.3. The maximum atomic E-state index is 10.7. The highest BCUT2D eigenvalue weighted by atomic mass is 32.2. The van der Waals surface area contributed by atoms with E-state index in [4.69, 9.17) is 27.2 Å². The highest BCUT2D eigenvalue weighted by molar-refractivity contribution is 7.97. The van der Waals surface area contributed by atoms with Gasteiger partial charge in [-0.1, -0.05) is 54.6 Å². The second-order valence-corrected chi connectivity index (χ2v) is 17.8. The van der Waals surface area contributed by atoms with E-state index in [1.54, 1.807) is 0 Å². The highest BCUT2D eigenvalue weighted by Gasteiger charge is 2.37. The molecule has 0 aromatic heterocycles. The van der Waals surface area contributed by atoms with Crippen LogP contribution in [-0.4, -0.2) is 36.3 Å². The Morgan fingerprint density at radius 2 is 1.07 bits per heavy atom. The van der Waals surface area contributed by atoms with Crippen LogP contribution < -0.4 is 14.2 Å². The van der Waals surface area contributed by atoms with Crippen molar-refractivity contribution in [3.63, 3.8) is 0 Å². The minimum Gasteiger partial charge on any atom is -0.741 e. The number of benzene rings is 6. The first-order valence-electron chi connectivity index (χ1n) is 17.2. The fraction of sp³-hybridized carbons (Fsp3) is 0.256. The molecule has 6 nitrogen and oxygen atoms in total. The molecule has 0 N–H and O–H groups in total. The Balaban J connectivity index is 0.000000631. The first-order valence-corrected chi connectivity index (χ1v) is 19.9. The molecule has 0 aliphatic carbocycles. The standard InChI is InChI=1S/C42H43O3S.CHF3O3S/c1-41(2,3)44-34-18-22-36(23-19-34)46(37-24-20-35(21-25-37)45-42(4,5)6)40-17-10-9-16-39(40)43-27-26-30-14-11-15-33-28-31-12-7-8-13-32(31)29-38(30)33;2-1(3,4)8(5,6)7/h7-25,28-29H,26-27H2,1-6H3;(H,5,6,7)/q+1;/p-1. The van der Waals surface area contributed by atoms with Crippen LogP contribution in [0.2, 0.25) is 0 Å². The van der Waals surface area contributed by atoms with Crippen molar-refractivity contribution in [3.8, 4) is 17.2 Å². The third kappa shape index (κ3) is 10.9. The number of halogens is 3. The number of fused-ring (bicyclic) bond motifs is 2. The van der Waals surface area contributed by atoms with Crippen molar-refractivity contribution in [2.75, 3.05) is 6.61 Å². The molecule has 0 bridgehead atoms. The Labute approximate surface area is 318 Å². The molecule has 0 atom stereocenters. The zero-order chi connectivity index (χ0) is 39.3. The maximum absolute atomic E-state index is 10.7. The lowest BCUT2D eigenvalue weighted by Gasteiger charge is -2.21. The zero-order valence-electron chi connectivity index (χ0n) is 30.9. The van der Waals surface area contributed by atoms with Crippen LogP contribution in [0, 0.1) is 0 Å². The SMILES string of the molecule is CC(C)(C)Oc1ccc([S+](c2ccc(OC(C)(C)C)cc2)c2ccccc2OCCc2cccc3cc4ccccc4cc23)cc1.O=S(=O)([O-])C(F)(F)F. The zero-order valence-corrected chi connectivity index (χ0v) is 32.6. The summed E-state index contributed by atoms with van der Waals surface area (Å²) >= 11 is 0. The number of hydrogen-bond donors (Lipinski definition) is 0. The summed E-state index contributed by atoms with van der Waals surface area (Å²) in [5.74, 6) is 2.63. The molecular formula is C43H43F3O6S2. The summed E-state index contributed by atoms with van der Waals surface area (Å²) in [5.41, 5.74) is -4.87. The summed E-state index contributed by atoms with van der Waals surface area (Å²) < 4.78 is 77.8. The topological polar surface area (TPSA) is 84.9 Å². The smallest absolute Gasteiger partial charge is 0.485 e. The molecule has 0 spiro atoms. The van der Waals surface area contributed by atoms with Gasteiger partial charge in [-0.2, -0.15) is 13.2 Å². The lowest BCUT2D eigenvalue weighted by Crippen LogP contribution is -2.23. The van der Waals surface area contributed by atoms with Crippen molar-refractivity contribution >= 4 is 42.6 Å². The lowest BCUT2D eigenvalue weighted by molar-refractivity contribution is -0.0517. The van der Waals surface area contributed by atoms with Gasteiger partial charge in [-0.3, -0.25) is 0 Å². The Morgan fingerprint density at radius 1 is 0.611 bits per heavy atom. The molecule has 54 heavy (non-hydrogen) atoms. The quantitative estimate of drug-likeness (QED) is 0.0629. The van der Waals surface area contributed by atoms with Gasteiger partial charge >= 0.3 is 5.51 Å². The minimum atomic E-state index is -6.09. The number of para-hydroxylation sites is 1. The predicted molar refractivity (Wildman–Crippen MR) is 209 cm³/mol. The Kier molecular flexibility index (Phi) is 12.2. The van der Waals surface area contributed by atoms with Gasteiger partial charge in [0.05, 0.1) is 6.61 Å². The summed E-state index contributed by atoms with van der Waals surface area (Å²) in [6.07, 6.45) is 0.815. The molecular weight excluding hydrogens is 734 g/mol. The monoisotopic (exact) mass is 776 g/mol. The molecule has 284 valence electrons. The van der Waals surface area contributed by atoms with Gasteiger partial charge in [-0.15, -0.1) is 0 Å². The average molecular weight is 777 g/mol. The van der Waals surface area contributed by atoms with Gasteiger partial charge in [0, 0.05) is 6.42 Å². The fourth-order valence-electron chi connectivity index (χ4n) is 5.64. The summed E-state index contributed by atoms with van der Waals surface area (Å²) in [7, 11) is -6.50. The van der Waals surface area contributed by atoms with Crippen molar-refractivity contribution in [1.29, 1.82) is 0 Å². The molecule has 0 saturated heterocycles. The summed E-state index contributed by atoms with van der Waals surface area (Å²) in [5, 5.41) is 5.07. The van der Waals surface area contributed by atoms with E-state index in [1.807, 2.05) is 0 Å². The largest absolute Gasteiger partial charge is 0.741 e. The van der Waals surface area contributed by atoms with E-state index in [9.17, 15) is 13.2 Å². The third-order valence-corrected chi connectivity index (χ3v) is 10.6. The third-order valence-electron chi connectivity index (χ3n) is 7.79. The van der Waals surface area contributed by atoms with Gasteiger partial charge in [0.2, 0.25) is 4.90 Å². The van der Waals surface area contributed by atoms with Crippen LogP contribution in [0.15, 0.2) is 142 Å².